The maximum atomic E-state index is 13.0. The molecule has 0 bridgehead atoms. The Kier molecular flexibility index (Phi) is 4.52. The maximum Gasteiger partial charge on any atom is 0.229 e. The van der Waals surface area contributed by atoms with Gasteiger partial charge in [-0.1, -0.05) is 12.1 Å². The van der Waals surface area contributed by atoms with E-state index in [-0.39, 0.29) is 35.7 Å². The number of carbonyl (C=O) groups is 1. The van der Waals surface area contributed by atoms with Crippen molar-refractivity contribution in [3.63, 3.8) is 0 Å². The van der Waals surface area contributed by atoms with Gasteiger partial charge in [0.1, 0.15) is 11.6 Å². The lowest BCUT2D eigenvalue weighted by molar-refractivity contribution is -0.115. The van der Waals surface area contributed by atoms with Crippen molar-refractivity contribution in [1.29, 1.82) is 0 Å². The van der Waals surface area contributed by atoms with Gasteiger partial charge in [-0.25, -0.2) is 17.5 Å². The van der Waals surface area contributed by atoms with Crippen LogP contribution in [0, 0.1) is 5.82 Å². The van der Waals surface area contributed by atoms with Crippen LogP contribution in [0.2, 0.25) is 0 Å². The molecule has 0 saturated carbocycles. The van der Waals surface area contributed by atoms with Gasteiger partial charge >= 0.3 is 0 Å². The number of halogens is 1. The van der Waals surface area contributed by atoms with Crippen LogP contribution >= 0.6 is 11.8 Å². The first kappa shape index (κ1) is 17.5. The van der Waals surface area contributed by atoms with Crippen LogP contribution < -0.4 is 5.32 Å². The van der Waals surface area contributed by atoms with Gasteiger partial charge in [-0.2, -0.15) is 16.9 Å². The SMILES string of the molecule is O=C(Cc1ccc(F)cc1)Nc1c2c(nn1C1CCS(=O)(=O)C1)CSC2. The number of hydrogen-bond donors (Lipinski definition) is 1. The fraction of sp³-hybridized carbons (Fsp3) is 0.412. The van der Waals surface area contributed by atoms with Crippen LogP contribution in [0.3, 0.4) is 0 Å². The van der Waals surface area contributed by atoms with Gasteiger partial charge in [-0.15, -0.1) is 0 Å². The summed E-state index contributed by atoms with van der Waals surface area (Å²) in [5.41, 5.74) is 2.60. The lowest BCUT2D eigenvalue weighted by Gasteiger charge is -2.15. The number of fused-ring (bicyclic) bond motifs is 1. The molecule has 1 unspecified atom stereocenters. The van der Waals surface area contributed by atoms with Gasteiger partial charge in [0.05, 0.1) is 29.7 Å². The minimum atomic E-state index is -3.05. The Bertz CT molecular complexity index is 954. The number of nitrogens with one attached hydrogen (secondary N) is 1. The second-order valence-electron chi connectivity index (χ2n) is 6.62. The molecule has 2 aromatic rings. The fourth-order valence-corrected chi connectivity index (χ4v) is 6.09. The van der Waals surface area contributed by atoms with Gasteiger partial charge < -0.3 is 5.32 Å². The average molecular weight is 395 g/mol. The molecule has 2 aliphatic heterocycles. The number of amides is 1. The summed E-state index contributed by atoms with van der Waals surface area (Å²) in [4.78, 5) is 12.5. The van der Waals surface area contributed by atoms with E-state index in [0.29, 0.717) is 17.8 Å². The smallest absolute Gasteiger partial charge is 0.229 e. The summed E-state index contributed by atoms with van der Waals surface area (Å²) in [7, 11) is -3.05. The number of nitrogens with zero attached hydrogens (tertiary/aromatic N) is 2. The van der Waals surface area contributed by atoms with Crippen LogP contribution in [0.1, 0.15) is 29.3 Å². The number of anilines is 1. The molecule has 0 spiro atoms. The largest absolute Gasteiger partial charge is 0.310 e. The van der Waals surface area contributed by atoms with Crippen molar-refractivity contribution in [3.8, 4) is 0 Å². The summed E-state index contributed by atoms with van der Waals surface area (Å²) in [6, 6.07) is 5.57. The zero-order valence-corrected chi connectivity index (χ0v) is 15.6. The quantitative estimate of drug-likeness (QED) is 0.859. The molecule has 0 aliphatic carbocycles. The van der Waals surface area contributed by atoms with Crippen molar-refractivity contribution >= 4 is 33.3 Å². The second-order valence-corrected chi connectivity index (χ2v) is 9.83. The molecule has 26 heavy (non-hydrogen) atoms. The highest BCUT2D eigenvalue weighted by atomic mass is 32.2. The minimum absolute atomic E-state index is 0.0571. The summed E-state index contributed by atoms with van der Waals surface area (Å²) < 4.78 is 38.4. The highest BCUT2D eigenvalue weighted by Crippen LogP contribution is 2.38. The Morgan fingerprint density at radius 1 is 1.31 bits per heavy atom. The van der Waals surface area contributed by atoms with Crippen molar-refractivity contribution in [2.45, 2.75) is 30.4 Å². The van der Waals surface area contributed by atoms with Crippen molar-refractivity contribution in [3.05, 3.63) is 46.9 Å². The molecule has 1 amide bonds. The summed E-state index contributed by atoms with van der Waals surface area (Å²) >= 11 is 1.72. The molecule has 1 atom stereocenters. The highest BCUT2D eigenvalue weighted by Gasteiger charge is 2.34. The van der Waals surface area contributed by atoms with Crippen LogP contribution in [0.4, 0.5) is 10.2 Å². The van der Waals surface area contributed by atoms with Crippen molar-refractivity contribution in [2.75, 3.05) is 16.8 Å². The van der Waals surface area contributed by atoms with E-state index >= 15 is 0 Å². The lowest BCUT2D eigenvalue weighted by Crippen LogP contribution is -2.21. The number of rotatable bonds is 4. The molecular weight excluding hydrogens is 377 g/mol. The van der Waals surface area contributed by atoms with Gasteiger partial charge in [0.15, 0.2) is 9.84 Å². The Balaban J connectivity index is 1.57. The van der Waals surface area contributed by atoms with Crippen LogP contribution in [0.5, 0.6) is 0 Å². The predicted octanol–water partition coefficient (Wildman–Crippen LogP) is 2.31. The van der Waals surface area contributed by atoms with E-state index in [4.69, 9.17) is 0 Å². The topological polar surface area (TPSA) is 81.1 Å². The molecule has 2 aliphatic rings. The first-order valence-corrected chi connectivity index (χ1v) is 11.3. The standard InChI is InChI=1S/C17H18FN3O3S2/c18-12-3-1-11(2-4-12)7-16(22)19-17-14-8-25-9-15(14)20-21(17)13-5-6-26(23,24)10-13/h1-4,13H,5-10H2,(H,19,22). The monoisotopic (exact) mass is 395 g/mol. The van der Waals surface area contributed by atoms with Gasteiger partial charge in [-0.3, -0.25) is 4.79 Å². The van der Waals surface area contributed by atoms with E-state index in [2.05, 4.69) is 10.4 Å². The number of carbonyl (C=O) groups excluding carboxylic acids is 1. The van der Waals surface area contributed by atoms with E-state index in [0.717, 1.165) is 22.8 Å². The van der Waals surface area contributed by atoms with E-state index in [1.54, 1.807) is 28.6 Å². The number of thioether (sulfide) groups is 1. The van der Waals surface area contributed by atoms with Gasteiger partial charge in [-0.05, 0) is 24.1 Å². The first-order valence-electron chi connectivity index (χ1n) is 8.34. The normalized spacial score (nSPS) is 20.9. The summed E-state index contributed by atoms with van der Waals surface area (Å²) in [6.07, 6.45) is 0.632. The first-order chi connectivity index (χ1) is 12.4. The molecule has 9 heteroatoms. The van der Waals surface area contributed by atoms with Gasteiger partial charge in [0.25, 0.3) is 0 Å². The van der Waals surface area contributed by atoms with Crippen LogP contribution in [0.25, 0.3) is 0 Å². The van der Waals surface area contributed by atoms with E-state index in [9.17, 15) is 17.6 Å². The van der Waals surface area contributed by atoms with Crippen molar-refractivity contribution in [2.24, 2.45) is 0 Å². The van der Waals surface area contributed by atoms with Crippen molar-refractivity contribution in [1.82, 2.24) is 9.78 Å². The molecule has 3 heterocycles. The Labute approximate surface area is 155 Å². The molecule has 4 rings (SSSR count). The maximum absolute atomic E-state index is 13.0. The third kappa shape index (κ3) is 3.50. The zero-order valence-electron chi connectivity index (χ0n) is 13.9. The van der Waals surface area contributed by atoms with E-state index in [1.807, 2.05) is 0 Å². The average Bonchev–Trinajstić information content (AvgIpc) is 3.25. The highest BCUT2D eigenvalue weighted by molar-refractivity contribution is 7.98. The number of sulfone groups is 1. The fourth-order valence-electron chi connectivity index (χ4n) is 3.36. The zero-order chi connectivity index (χ0) is 18.3. The van der Waals surface area contributed by atoms with Crippen molar-refractivity contribution < 1.29 is 17.6 Å². The van der Waals surface area contributed by atoms with Crippen LogP contribution in [-0.2, 0) is 32.6 Å². The molecule has 1 saturated heterocycles. The molecule has 6 nitrogen and oxygen atoms in total. The Morgan fingerprint density at radius 3 is 2.77 bits per heavy atom. The molecule has 138 valence electrons. The Morgan fingerprint density at radius 2 is 2.08 bits per heavy atom. The number of benzene rings is 1. The number of hydrogen-bond acceptors (Lipinski definition) is 5. The van der Waals surface area contributed by atoms with E-state index in [1.165, 1.54) is 12.1 Å². The van der Waals surface area contributed by atoms with Gasteiger partial charge in [0, 0.05) is 17.1 Å². The van der Waals surface area contributed by atoms with Crippen LogP contribution in [-0.4, -0.2) is 35.6 Å². The molecule has 1 aromatic carbocycles. The predicted molar refractivity (Wildman–Crippen MR) is 98.3 cm³/mol. The summed E-state index contributed by atoms with van der Waals surface area (Å²) in [6.45, 7) is 0. The molecular formula is C17H18FN3O3S2. The lowest BCUT2D eigenvalue weighted by atomic mass is 10.1. The summed E-state index contributed by atoms with van der Waals surface area (Å²) in [5, 5.41) is 7.49. The molecule has 1 fully saturated rings. The molecule has 1 N–H and O–H groups in total. The minimum Gasteiger partial charge on any atom is -0.310 e. The number of aromatic nitrogens is 2. The summed E-state index contributed by atoms with van der Waals surface area (Å²) in [5.74, 6) is 1.77. The van der Waals surface area contributed by atoms with E-state index < -0.39 is 9.84 Å². The third-order valence-corrected chi connectivity index (χ3v) is 7.39. The molecule has 0 radical (unpaired) electrons. The second kappa shape index (κ2) is 6.70. The van der Waals surface area contributed by atoms with Gasteiger partial charge in [0.2, 0.25) is 5.91 Å². The molecule has 1 aromatic heterocycles. The third-order valence-electron chi connectivity index (χ3n) is 4.67. The van der Waals surface area contributed by atoms with Crippen LogP contribution in [0.15, 0.2) is 24.3 Å². The Hall–Kier alpha value is -1.87.